The van der Waals surface area contributed by atoms with Crippen molar-refractivity contribution >= 4 is 110 Å². The highest BCUT2D eigenvalue weighted by Crippen LogP contribution is 2.49. The van der Waals surface area contributed by atoms with Crippen LogP contribution in [0.15, 0.2) is 251 Å². The number of hydrogen-bond acceptors (Lipinski definition) is 4. The third kappa shape index (κ3) is 6.08. The Bertz CT molecular complexity index is 3920. The van der Waals surface area contributed by atoms with Gasteiger partial charge < -0.3 is 18.6 Å². The van der Waals surface area contributed by atoms with Crippen molar-refractivity contribution < 1.29 is 8.83 Å². The summed E-state index contributed by atoms with van der Waals surface area (Å²) in [6.07, 6.45) is 0. The van der Waals surface area contributed by atoms with E-state index in [1.807, 2.05) is 24.3 Å². The van der Waals surface area contributed by atoms with E-state index >= 15 is 0 Å². The zero-order chi connectivity index (χ0) is 44.7. The molecule has 12 aromatic carbocycles. The highest BCUT2D eigenvalue weighted by atomic mass is 16.3. The van der Waals surface area contributed by atoms with Crippen LogP contribution in [-0.2, 0) is 0 Å². The zero-order valence-electron chi connectivity index (χ0n) is 36.8. The molecule has 0 unspecified atom stereocenters. The summed E-state index contributed by atoms with van der Waals surface area (Å²) in [4.78, 5) is 4.82. The van der Waals surface area contributed by atoms with Gasteiger partial charge in [0.2, 0.25) is 0 Å². The molecule has 4 heteroatoms. The molecule has 68 heavy (non-hydrogen) atoms. The molecule has 318 valence electrons. The molecule has 0 saturated carbocycles. The first kappa shape index (κ1) is 38.2. The Morgan fingerprint density at radius 2 is 0.588 bits per heavy atom. The van der Waals surface area contributed by atoms with Crippen LogP contribution in [0.1, 0.15) is 0 Å². The molecule has 0 amide bonds. The van der Waals surface area contributed by atoms with Crippen molar-refractivity contribution in [3.8, 4) is 22.3 Å². The van der Waals surface area contributed by atoms with Crippen LogP contribution in [0.3, 0.4) is 0 Å². The van der Waals surface area contributed by atoms with E-state index in [4.69, 9.17) is 8.83 Å². The van der Waals surface area contributed by atoms with Crippen LogP contribution in [0, 0.1) is 0 Å². The van der Waals surface area contributed by atoms with E-state index in [-0.39, 0.29) is 0 Å². The van der Waals surface area contributed by atoms with E-state index in [9.17, 15) is 0 Å². The van der Waals surface area contributed by atoms with Crippen molar-refractivity contribution in [1.29, 1.82) is 0 Å². The second-order valence-corrected chi connectivity index (χ2v) is 17.6. The molecule has 0 aliphatic carbocycles. The number of hydrogen-bond donors (Lipinski definition) is 0. The van der Waals surface area contributed by atoms with Gasteiger partial charge in [0.25, 0.3) is 0 Å². The first-order chi connectivity index (χ1) is 33.7. The molecule has 0 saturated heterocycles. The lowest BCUT2D eigenvalue weighted by molar-refractivity contribution is 0.668. The van der Waals surface area contributed by atoms with Gasteiger partial charge in [0.15, 0.2) is 0 Å². The van der Waals surface area contributed by atoms with Crippen molar-refractivity contribution in [3.05, 3.63) is 243 Å². The topological polar surface area (TPSA) is 32.8 Å². The van der Waals surface area contributed by atoms with Gasteiger partial charge in [0.05, 0.1) is 11.4 Å². The molecular weight excluding hydrogens is 829 g/mol. The summed E-state index contributed by atoms with van der Waals surface area (Å²) in [7, 11) is 0. The van der Waals surface area contributed by atoms with Crippen LogP contribution >= 0.6 is 0 Å². The van der Waals surface area contributed by atoms with Crippen molar-refractivity contribution in [2.24, 2.45) is 0 Å². The minimum Gasteiger partial charge on any atom is -0.456 e. The Morgan fingerprint density at radius 3 is 1.03 bits per heavy atom. The van der Waals surface area contributed by atoms with Crippen molar-refractivity contribution in [1.82, 2.24) is 0 Å². The summed E-state index contributed by atoms with van der Waals surface area (Å²) in [5, 5.41) is 11.6. The van der Waals surface area contributed by atoms with Gasteiger partial charge in [0.1, 0.15) is 22.3 Å². The number of furan rings is 2. The highest BCUT2D eigenvalue weighted by molar-refractivity contribution is 6.28. The van der Waals surface area contributed by atoms with Gasteiger partial charge in [-0.3, -0.25) is 0 Å². The third-order valence-electron chi connectivity index (χ3n) is 13.8. The van der Waals surface area contributed by atoms with Crippen LogP contribution in [0.4, 0.5) is 34.1 Å². The number of para-hydroxylation sites is 2. The summed E-state index contributed by atoms with van der Waals surface area (Å²) < 4.78 is 12.7. The van der Waals surface area contributed by atoms with E-state index in [2.05, 4.69) is 228 Å². The summed E-state index contributed by atoms with van der Waals surface area (Å²) in [5.41, 5.74) is 14.7. The molecule has 0 aliphatic heterocycles. The molecule has 14 rings (SSSR count). The lowest BCUT2D eigenvalue weighted by Gasteiger charge is -2.29. The van der Waals surface area contributed by atoms with Gasteiger partial charge in [-0.05, 0) is 129 Å². The van der Waals surface area contributed by atoms with Crippen molar-refractivity contribution in [2.45, 2.75) is 0 Å². The van der Waals surface area contributed by atoms with E-state index in [1.54, 1.807) is 0 Å². The Kier molecular flexibility index (Phi) is 8.55. The predicted octanol–water partition coefficient (Wildman–Crippen LogP) is 18.7. The monoisotopic (exact) mass is 868 g/mol. The van der Waals surface area contributed by atoms with Gasteiger partial charge in [-0.1, -0.05) is 158 Å². The number of nitrogens with zero attached hydrogens (tertiary/aromatic N) is 2. The van der Waals surface area contributed by atoms with Crippen LogP contribution in [0.25, 0.3) is 98.4 Å². The molecule has 0 spiro atoms. The molecule has 0 aliphatic rings. The Hall–Kier alpha value is -9.12. The maximum atomic E-state index is 6.34. The van der Waals surface area contributed by atoms with Crippen LogP contribution < -0.4 is 9.80 Å². The fourth-order valence-corrected chi connectivity index (χ4v) is 10.6. The second-order valence-electron chi connectivity index (χ2n) is 17.6. The number of anilines is 6. The van der Waals surface area contributed by atoms with Crippen molar-refractivity contribution in [2.75, 3.05) is 9.80 Å². The van der Waals surface area contributed by atoms with Gasteiger partial charge in [-0.15, -0.1) is 0 Å². The third-order valence-corrected chi connectivity index (χ3v) is 13.8. The fraction of sp³-hybridized carbons (Fsp3) is 0. The molecule has 0 radical (unpaired) electrons. The molecule has 0 fully saturated rings. The minimum atomic E-state index is 0.872. The average Bonchev–Trinajstić information content (AvgIpc) is 3.98. The molecule has 2 heterocycles. The zero-order valence-corrected chi connectivity index (χ0v) is 36.8. The van der Waals surface area contributed by atoms with E-state index in [1.165, 1.54) is 54.6 Å². The maximum Gasteiger partial charge on any atom is 0.135 e. The van der Waals surface area contributed by atoms with E-state index in [0.29, 0.717) is 0 Å². The molecule has 0 N–H and O–H groups in total. The van der Waals surface area contributed by atoms with Gasteiger partial charge >= 0.3 is 0 Å². The summed E-state index contributed by atoms with van der Waals surface area (Å²) >= 11 is 0. The highest BCUT2D eigenvalue weighted by Gasteiger charge is 2.23. The standard InChI is InChI=1S/C64H40N2O2/c1-3-11-41(12-4-1)43-19-27-47(28-20-43)65(49-31-37-61-55(39-49)51-15-7-9-17-59(51)67-61)57-35-25-45-24-34-54-58(36-26-46-23-33-53(57)63(45)64(46)54)66(48-29-21-44(22-30-48)42-13-5-2-6-14-42)50-32-38-62-56(40-50)52-16-8-10-18-60(52)68-62/h1-40H. The molecule has 0 atom stereocenters. The normalized spacial score (nSPS) is 11.8. The summed E-state index contributed by atoms with van der Waals surface area (Å²) in [5.74, 6) is 0. The first-order valence-corrected chi connectivity index (χ1v) is 23.1. The Balaban J connectivity index is 0.983. The lowest BCUT2D eigenvalue weighted by Crippen LogP contribution is -2.11. The molecule has 2 aromatic heterocycles. The van der Waals surface area contributed by atoms with Crippen LogP contribution in [0.5, 0.6) is 0 Å². The Morgan fingerprint density at radius 1 is 0.235 bits per heavy atom. The molecular formula is C64H40N2O2. The average molecular weight is 869 g/mol. The van der Waals surface area contributed by atoms with Crippen LogP contribution in [-0.4, -0.2) is 0 Å². The summed E-state index contributed by atoms with van der Waals surface area (Å²) in [6, 6.07) is 87.2. The van der Waals surface area contributed by atoms with Gasteiger partial charge in [-0.25, -0.2) is 0 Å². The van der Waals surface area contributed by atoms with Gasteiger partial charge in [0, 0.05) is 55.1 Å². The first-order valence-electron chi connectivity index (χ1n) is 23.1. The maximum absolute atomic E-state index is 6.34. The molecule has 4 nitrogen and oxygen atoms in total. The smallest absolute Gasteiger partial charge is 0.135 e. The van der Waals surface area contributed by atoms with Crippen molar-refractivity contribution in [3.63, 3.8) is 0 Å². The predicted molar refractivity (Wildman–Crippen MR) is 285 cm³/mol. The number of benzene rings is 12. The lowest BCUT2D eigenvalue weighted by atomic mass is 9.91. The number of fused-ring (bicyclic) bond motifs is 6. The van der Waals surface area contributed by atoms with Crippen LogP contribution in [0.2, 0.25) is 0 Å². The van der Waals surface area contributed by atoms with E-state index < -0.39 is 0 Å². The second kappa shape index (κ2) is 15.2. The van der Waals surface area contributed by atoms with Gasteiger partial charge in [-0.2, -0.15) is 0 Å². The quantitative estimate of drug-likeness (QED) is 0.142. The number of rotatable bonds is 8. The SMILES string of the molecule is c1ccc(-c2ccc(N(c3ccc4oc5ccccc5c4c3)c3ccc4ccc5c(N(c6ccc(-c7ccccc7)cc6)c6ccc7oc8ccccc8c7c6)ccc6ccc3c4c65)cc2)cc1. The summed E-state index contributed by atoms with van der Waals surface area (Å²) in [6.45, 7) is 0. The molecule has 14 aromatic rings. The fourth-order valence-electron chi connectivity index (χ4n) is 10.6. The molecule has 0 bridgehead atoms. The minimum absolute atomic E-state index is 0.872. The van der Waals surface area contributed by atoms with E-state index in [0.717, 1.165) is 78.0 Å². The largest absolute Gasteiger partial charge is 0.456 e. The Labute approximate surface area is 392 Å².